The molecule has 0 radical (unpaired) electrons. The highest BCUT2D eigenvalue weighted by Gasteiger charge is 2.32. The molecule has 24 heavy (non-hydrogen) atoms. The third-order valence-electron chi connectivity index (χ3n) is 4.11. The van der Waals surface area contributed by atoms with Crippen LogP contribution in [0.15, 0.2) is 36.4 Å². The second-order valence-electron chi connectivity index (χ2n) is 6.15. The summed E-state index contributed by atoms with van der Waals surface area (Å²) in [6, 6.07) is 11.3. The number of nitrogens with one attached hydrogen (secondary N) is 1. The van der Waals surface area contributed by atoms with Crippen molar-refractivity contribution in [3.63, 3.8) is 0 Å². The summed E-state index contributed by atoms with van der Waals surface area (Å²) in [6.45, 7) is 2.78. The summed E-state index contributed by atoms with van der Waals surface area (Å²) in [5, 5.41) is 12.7. The second kappa shape index (κ2) is 7.00. The lowest BCUT2D eigenvalue weighted by Gasteiger charge is -2.34. The Hall–Kier alpha value is -2.41. The molecule has 126 valence electrons. The molecule has 1 aliphatic rings. The van der Waals surface area contributed by atoms with Gasteiger partial charge in [0.1, 0.15) is 5.00 Å². The lowest BCUT2D eigenvalue weighted by Crippen LogP contribution is -2.47. The molecule has 2 heterocycles. The van der Waals surface area contributed by atoms with E-state index in [0.717, 1.165) is 11.3 Å². The van der Waals surface area contributed by atoms with Crippen LogP contribution in [0.5, 0.6) is 0 Å². The van der Waals surface area contributed by atoms with Crippen molar-refractivity contribution < 1.29 is 14.7 Å². The number of amides is 2. The number of carbonyl (C=O) groups is 2. The first-order valence-electron chi connectivity index (χ1n) is 7.84. The maximum Gasteiger partial charge on any atom is 0.322 e. The Bertz CT molecular complexity index is 732. The minimum Gasteiger partial charge on any atom is -0.481 e. The number of piperidine rings is 1. The van der Waals surface area contributed by atoms with Gasteiger partial charge in [-0.15, -0.1) is 0 Å². The van der Waals surface area contributed by atoms with Crippen LogP contribution in [0.1, 0.15) is 13.3 Å². The van der Waals surface area contributed by atoms with Crippen LogP contribution in [0.2, 0.25) is 0 Å². The molecular formula is C17H19N3O3S. The average molecular weight is 345 g/mol. The molecule has 0 aliphatic carbocycles. The van der Waals surface area contributed by atoms with Gasteiger partial charge < -0.3 is 10.0 Å². The van der Waals surface area contributed by atoms with E-state index in [1.165, 1.54) is 11.5 Å². The van der Waals surface area contributed by atoms with E-state index in [-0.39, 0.29) is 18.5 Å². The minimum absolute atomic E-state index is 0.173. The summed E-state index contributed by atoms with van der Waals surface area (Å²) in [6.07, 6.45) is 0.609. The zero-order valence-electron chi connectivity index (χ0n) is 13.3. The fourth-order valence-electron chi connectivity index (χ4n) is 2.96. The van der Waals surface area contributed by atoms with E-state index in [4.69, 9.17) is 0 Å². The van der Waals surface area contributed by atoms with Gasteiger partial charge in [0, 0.05) is 24.7 Å². The molecule has 1 aromatic heterocycles. The van der Waals surface area contributed by atoms with Gasteiger partial charge in [0.15, 0.2) is 0 Å². The summed E-state index contributed by atoms with van der Waals surface area (Å²) in [5.41, 5.74) is 1.80. The first kappa shape index (κ1) is 16.4. The van der Waals surface area contributed by atoms with Crippen LogP contribution >= 0.6 is 11.5 Å². The van der Waals surface area contributed by atoms with Gasteiger partial charge in [-0.2, -0.15) is 4.37 Å². The van der Waals surface area contributed by atoms with Crippen molar-refractivity contribution in [3.05, 3.63) is 36.4 Å². The number of carbonyl (C=O) groups excluding carboxylic acids is 1. The lowest BCUT2D eigenvalue weighted by atomic mass is 9.91. The van der Waals surface area contributed by atoms with Crippen molar-refractivity contribution in [2.45, 2.75) is 13.3 Å². The highest BCUT2D eigenvalue weighted by atomic mass is 32.1. The van der Waals surface area contributed by atoms with Crippen LogP contribution in [-0.4, -0.2) is 39.5 Å². The van der Waals surface area contributed by atoms with Crippen LogP contribution in [-0.2, 0) is 4.79 Å². The van der Waals surface area contributed by atoms with Gasteiger partial charge in [-0.1, -0.05) is 37.3 Å². The van der Waals surface area contributed by atoms with E-state index < -0.39 is 11.9 Å². The van der Waals surface area contributed by atoms with Gasteiger partial charge >= 0.3 is 12.0 Å². The number of rotatable bonds is 3. The minimum atomic E-state index is -0.844. The van der Waals surface area contributed by atoms with Crippen LogP contribution in [0, 0.1) is 11.8 Å². The number of carboxylic acid groups (broad SMARTS) is 1. The summed E-state index contributed by atoms with van der Waals surface area (Å²) < 4.78 is 4.36. The van der Waals surface area contributed by atoms with Gasteiger partial charge in [0.05, 0.1) is 11.6 Å². The van der Waals surface area contributed by atoms with E-state index in [1.54, 1.807) is 4.90 Å². The third-order valence-corrected chi connectivity index (χ3v) is 4.81. The highest BCUT2D eigenvalue weighted by molar-refractivity contribution is 7.10. The van der Waals surface area contributed by atoms with Gasteiger partial charge in [-0.3, -0.25) is 10.1 Å². The van der Waals surface area contributed by atoms with Crippen LogP contribution in [0.25, 0.3) is 11.3 Å². The quantitative estimate of drug-likeness (QED) is 0.893. The molecule has 2 amide bonds. The number of nitrogens with zero attached hydrogens (tertiary/aromatic N) is 2. The Morgan fingerprint density at radius 3 is 2.75 bits per heavy atom. The SMILES string of the molecule is CC1CC(C(=O)O)CN(C(=O)Nc2cc(-c3ccccc3)ns2)C1. The fraction of sp³-hybridized carbons (Fsp3) is 0.353. The highest BCUT2D eigenvalue weighted by Crippen LogP contribution is 2.27. The van der Waals surface area contributed by atoms with Crippen LogP contribution in [0.3, 0.4) is 0 Å². The Morgan fingerprint density at radius 2 is 2.04 bits per heavy atom. The smallest absolute Gasteiger partial charge is 0.322 e. The fourth-order valence-corrected chi connectivity index (χ4v) is 3.61. The monoisotopic (exact) mass is 345 g/mol. The third kappa shape index (κ3) is 3.73. The molecule has 6 nitrogen and oxygen atoms in total. The molecule has 1 aromatic carbocycles. The van der Waals surface area contributed by atoms with E-state index >= 15 is 0 Å². The molecule has 2 unspecified atom stereocenters. The van der Waals surface area contributed by atoms with E-state index in [0.29, 0.717) is 18.0 Å². The number of hydrogen-bond acceptors (Lipinski definition) is 4. The number of benzene rings is 1. The Kier molecular flexibility index (Phi) is 4.80. The zero-order valence-corrected chi connectivity index (χ0v) is 14.1. The summed E-state index contributed by atoms with van der Waals surface area (Å²) in [4.78, 5) is 25.2. The van der Waals surface area contributed by atoms with Crippen molar-refractivity contribution in [1.82, 2.24) is 9.27 Å². The first-order valence-corrected chi connectivity index (χ1v) is 8.61. The molecular weight excluding hydrogens is 326 g/mol. The second-order valence-corrected chi connectivity index (χ2v) is 6.96. The molecule has 7 heteroatoms. The van der Waals surface area contributed by atoms with Crippen LogP contribution < -0.4 is 5.32 Å². The number of urea groups is 1. The Balaban J connectivity index is 1.67. The molecule has 2 aromatic rings. The average Bonchev–Trinajstić information content (AvgIpc) is 3.03. The number of aliphatic carboxylic acids is 1. The number of likely N-dealkylation sites (tertiary alicyclic amines) is 1. The lowest BCUT2D eigenvalue weighted by molar-refractivity contribution is -0.143. The summed E-state index contributed by atoms with van der Waals surface area (Å²) >= 11 is 1.22. The zero-order chi connectivity index (χ0) is 17.1. The van der Waals surface area contributed by atoms with Gasteiger partial charge in [0.25, 0.3) is 0 Å². The molecule has 1 saturated heterocycles. The Labute approximate surface area is 144 Å². The molecule has 2 atom stereocenters. The van der Waals surface area contributed by atoms with Crippen molar-refractivity contribution >= 4 is 28.5 Å². The summed E-state index contributed by atoms with van der Waals surface area (Å²) in [7, 11) is 0. The number of carboxylic acids is 1. The number of aromatic nitrogens is 1. The van der Waals surface area contributed by atoms with Gasteiger partial charge in [0.2, 0.25) is 0 Å². The van der Waals surface area contributed by atoms with Crippen molar-refractivity contribution in [2.75, 3.05) is 18.4 Å². The predicted molar refractivity (Wildman–Crippen MR) is 93.0 cm³/mol. The van der Waals surface area contributed by atoms with E-state index in [9.17, 15) is 14.7 Å². The van der Waals surface area contributed by atoms with Crippen molar-refractivity contribution in [2.24, 2.45) is 11.8 Å². The number of hydrogen-bond donors (Lipinski definition) is 2. The molecule has 2 N–H and O–H groups in total. The van der Waals surface area contributed by atoms with Crippen LogP contribution in [0.4, 0.5) is 9.80 Å². The maximum atomic E-state index is 12.4. The standard InChI is InChI=1S/C17H19N3O3S/c1-11-7-13(16(21)22)10-20(9-11)17(23)18-15-8-14(19-24-15)12-5-3-2-4-6-12/h2-6,8,11,13H,7,9-10H2,1H3,(H,18,23)(H,21,22). The normalized spacial score (nSPS) is 20.6. The van der Waals surface area contributed by atoms with E-state index in [1.807, 2.05) is 43.3 Å². The van der Waals surface area contributed by atoms with Gasteiger partial charge in [-0.25, -0.2) is 4.79 Å². The molecule has 0 bridgehead atoms. The largest absolute Gasteiger partial charge is 0.481 e. The molecule has 0 saturated carbocycles. The Morgan fingerprint density at radius 1 is 1.29 bits per heavy atom. The molecule has 0 spiro atoms. The molecule has 1 fully saturated rings. The molecule has 3 rings (SSSR count). The first-order chi connectivity index (χ1) is 11.5. The van der Waals surface area contributed by atoms with Gasteiger partial charge in [-0.05, 0) is 23.9 Å². The maximum absolute atomic E-state index is 12.4. The number of anilines is 1. The topological polar surface area (TPSA) is 82.5 Å². The summed E-state index contributed by atoms with van der Waals surface area (Å²) in [5.74, 6) is -1.17. The molecule has 1 aliphatic heterocycles. The van der Waals surface area contributed by atoms with Crippen molar-refractivity contribution in [3.8, 4) is 11.3 Å². The predicted octanol–water partition coefficient (Wildman–Crippen LogP) is 3.38. The van der Waals surface area contributed by atoms with E-state index in [2.05, 4.69) is 9.69 Å². The van der Waals surface area contributed by atoms with Crippen molar-refractivity contribution in [1.29, 1.82) is 0 Å².